The van der Waals surface area contributed by atoms with Crippen molar-refractivity contribution in [3.8, 4) is 11.1 Å². The van der Waals surface area contributed by atoms with Gasteiger partial charge in [-0.2, -0.15) is 0 Å². The van der Waals surface area contributed by atoms with Gasteiger partial charge < -0.3 is 4.90 Å². The van der Waals surface area contributed by atoms with Crippen LogP contribution < -0.4 is 0 Å². The van der Waals surface area contributed by atoms with Crippen molar-refractivity contribution >= 4 is 5.91 Å². The molecule has 0 bridgehead atoms. The Morgan fingerprint density at radius 1 is 0.750 bits per heavy atom. The number of carbonyl (C=O) groups is 1. The Hall–Kier alpha value is -2.17. The molecule has 2 aliphatic heterocycles. The number of nitrogens with zero attached hydrogens (tertiary/aromatic N) is 3. The van der Waals surface area contributed by atoms with E-state index in [0.29, 0.717) is 18.5 Å². The number of fused-ring (bicyclic) bond motifs is 3. The molecule has 0 aromatic heterocycles. The van der Waals surface area contributed by atoms with Crippen molar-refractivity contribution < 1.29 is 4.79 Å². The van der Waals surface area contributed by atoms with E-state index < -0.39 is 0 Å². The Balaban J connectivity index is 1.26. The normalized spacial score (nSPS) is 20.8. The Labute approximate surface area is 167 Å². The summed E-state index contributed by atoms with van der Waals surface area (Å²) in [5, 5.41) is 0. The van der Waals surface area contributed by atoms with Crippen molar-refractivity contribution in [1.29, 1.82) is 0 Å². The summed E-state index contributed by atoms with van der Waals surface area (Å²) < 4.78 is 0. The lowest BCUT2D eigenvalue weighted by Crippen LogP contribution is -2.51. The van der Waals surface area contributed by atoms with Gasteiger partial charge in [0, 0.05) is 39.3 Å². The molecule has 28 heavy (non-hydrogen) atoms. The highest BCUT2D eigenvalue weighted by atomic mass is 16.2. The highest BCUT2D eigenvalue weighted by molar-refractivity contribution is 5.79. The van der Waals surface area contributed by atoms with E-state index >= 15 is 0 Å². The average Bonchev–Trinajstić information content (AvgIpc) is 3.09. The predicted molar refractivity (Wildman–Crippen MR) is 112 cm³/mol. The van der Waals surface area contributed by atoms with Crippen LogP contribution in [0.3, 0.4) is 0 Å². The van der Waals surface area contributed by atoms with E-state index in [-0.39, 0.29) is 0 Å². The molecule has 2 aromatic rings. The number of rotatable bonds is 3. The maximum Gasteiger partial charge on any atom is 0.236 e. The van der Waals surface area contributed by atoms with Gasteiger partial charge in [0.1, 0.15) is 0 Å². The van der Waals surface area contributed by atoms with E-state index in [4.69, 9.17) is 0 Å². The number of hydrogen-bond donors (Lipinski definition) is 0. The van der Waals surface area contributed by atoms with Crippen molar-refractivity contribution in [3.05, 3.63) is 59.7 Å². The zero-order valence-electron chi connectivity index (χ0n) is 16.5. The first-order valence-electron chi connectivity index (χ1n) is 10.7. The lowest BCUT2D eigenvalue weighted by Gasteiger charge is -2.39. The Morgan fingerprint density at radius 3 is 1.93 bits per heavy atom. The first-order valence-corrected chi connectivity index (χ1v) is 10.7. The third-order valence-corrected chi connectivity index (χ3v) is 6.64. The average molecular weight is 376 g/mol. The van der Waals surface area contributed by atoms with Crippen molar-refractivity contribution in [3.63, 3.8) is 0 Å². The molecule has 3 aliphatic rings. The minimum atomic E-state index is 0.324. The minimum Gasteiger partial charge on any atom is -0.342 e. The van der Waals surface area contributed by atoms with Crippen LogP contribution in [0.1, 0.15) is 36.4 Å². The van der Waals surface area contributed by atoms with Gasteiger partial charge in [0.05, 0.1) is 12.6 Å². The minimum absolute atomic E-state index is 0.324. The monoisotopic (exact) mass is 375 g/mol. The van der Waals surface area contributed by atoms with Crippen molar-refractivity contribution in [2.24, 2.45) is 0 Å². The van der Waals surface area contributed by atoms with Gasteiger partial charge in [0.25, 0.3) is 0 Å². The fourth-order valence-electron chi connectivity index (χ4n) is 5.14. The highest BCUT2D eigenvalue weighted by Gasteiger charge is 2.34. The lowest BCUT2D eigenvalue weighted by molar-refractivity contribution is -0.133. The number of likely N-dealkylation sites (tertiary alicyclic amines) is 1. The van der Waals surface area contributed by atoms with Gasteiger partial charge in [0.2, 0.25) is 5.91 Å². The van der Waals surface area contributed by atoms with Gasteiger partial charge in [-0.05, 0) is 41.5 Å². The SMILES string of the molecule is O=C(CN1CCN(C2c3ccccc3-c3ccccc32)CC1)N1CCCCC1. The third kappa shape index (κ3) is 3.25. The standard InChI is InChI=1S/C24H29N3O/c28-23(26-12-6-1-7-13-26)18-25-14-16-27(17-15-25)24-21-10-4-2-8-19(21)20-9-3-5-11-22(20)24/h2-5,8-11,24H,1,6-7,12-18H2. The Kier molecular flexibility index (Phi) is 4.91. The predicted octanol–water partition coefficient (Wildman–Crippen LogP) is 3.39. The third-order valence-electron chi connectivity index (χ3n) is 6.64. The van der Waals surface area contributed by atoms with Gasteiger partial charge in [0.15, 0.2) is 0 Å². The molecule has 0 spiro atoms. The van der Waals surface area contributed by atoms with E-state index in [1.54, 1.807) is 0 Å². The molecule has 146 valence electrons. The first kappa shape index (κ1) is 17.9. The fraction of sp³-hybridized carbons (Fsp3) is 0.458. The van der Waals surface area contributed by atoms with Crippen molar-refractivity contribution in [2.45, 2.75) is 25.3 Å². The highest BCUT2D eigenvalue weighted by Crippen LogP contribution is 2.46. The van der Waals surface area contributed by atoms with Gasteiger partial charge in [-0.25, -0.2) is 0 Å². The molecule has 4 nitrogen and oxygen atoms in total. The molecule has 1 aliphatic carbocycles. The van der Waals surface area contributed by atoms with Crippen LogP contribution in [0, 0.1) is 0 Å². The summed E-state index contributed by atoms with van der Waals surface area (Å²) >= 11 is 0. The number of carbonyl (C=O) groups excluding carboxylic acids is 1. The Bertz CT molecular complexity index is 805. The lowest BCUT2D eigenvalue weighted by atomic mass is 10.0. The van der Waals surface area contributed by atoms with Crippen LogP contribution in [0.25, 0.3) is 11.1 Å². The number of amides is 1. The zero-order chi connectivity index (χ0) is 18.9. The van der Waals surface area contributed by atoms with Crippen LogP contribution in [0.5, 0.6) is 0 Å². The molecule has 4 heteroatoms. The maximum atomic E-state index is 12.6. The molecule has 0 unspecified atom stereocenters. The largest absolute Gasteiger partial charge is 0.342 e. The van der Waals surface area contributed by atoms with Gasteiger partial charge in [-0.15, -0.1) is 0 Å². The topological polar surface area (TPSA) is 26.8 Å². The maximum absolute atomic E-state index is 12.6. The molecule has 0 atom stereocenters. The summed E-state index contributed by atoms with van der Waals surface area (Å²) in [4.78, 5) is 19.6. The van der Waals surface area contributed by atoms with Crippen LogP contribution in [0.4, 0.5) is 0 Å². The van der Waals surface area contributed by atoms with Gasteiger partial charge >= 0.3 is 0 Å². The zero-order valence-corrected chi connectivity index (χ0v) is 16.5. The van der Waals surface area contributed by atoms with Crippen LogP contribution in [0.2, 0.25) is 0 Å². The molecule has 2 saturated heterocycles. The molecule has 0 saturated carbocycles. The van der Waals surface area contributed by atoms with E-state index in [1.807, 2.05) is 0 Å². The molecule has 0 N–H and O–H groups in total. The van der Waals surface area contributed by atoms with E-state index in [1.165, 1.54) is 41.5 Å². The van der Waals surface area contributed by atoms with E-state index in [2.05, 4.69) is 63.2 Å². The molecular formula is C24H29N3O. The smallest absolute Gasteiger partial charge is 0.236 e. The van der Waals surface area contributed by atoms with Crippen molar-refractivity contribution in [2.75, 3.05) is 45.8 Å². The second-order valence-electron chi connectivity index (χ2n) is 8.33. The fourth-order valence-corrected chi connectivity index (χ4v) is 5.14. The number of benzene rings is 2. The molecule has 2 aromatic carbocycles. The first-order chi connectivity index (χ1) is 13.8. The summed E-state index contributed by atoms with van der Waals surface area (Å²) in [6.07, 6.45) is 3.60. The summed E-state index contributed by atoms with van der Waals surface area (Å²) in [5.74, 6) is 0.324. The molecule has 0 radical (unpaired) electrons. The van der Waals surface area contributed by atoms with Crippen LogP contribution in [-0.2, 0) is 4.79 Å². The van der Waals surface area contributed by atoms with Crippen LogP contribution in [0.15, 0.2) is 48.5 Å². The van der Waals surface area contributed by atoms with Gasteiger partial charge in [-0.1, -0.05) is 48.5 Å². The molecule has 2 heterocycles. The molecule has 2 fully saturated rings. The summed E-state index contributed by atoms with van der Waals surface area (Å²) in [5.41, 5.74) is 5.62. The van der Waals surface area contributed by atoms with Crippen LogP contribution in [-0.4, -0.2) is 66.4 Å². The molecule has 1 amide bonds. The molecule has 5 rings (SSSR count). The van der Waals surface area contributed by atoms with Gasteiger partial charge in [-0.3, -0.25) is 14.6 Å². The summed E-state index contributed by atoms with van der Waals surface area (Å²) in [6.45, 7) is 6.47. The van der Waals surface area contributed by atoms with Crippen molar-refractivity contribution in [1.82, 2.24) is 14.7 Å². The van der Waals surface area contributed by atoms with Crippen LogP contribution >= 0.6 is 0 Å². The van der Waals surface area contributed by atoms with E-state index in [9.17, 15) is 4.79 Å². The summed E-state index contributed by atoms with van der Waals surface area (Å²) in [7, 11) is 0. The summed E-state index contributed by atoms with van der Waals surface area (Å²) in [6, 6.07) is 18.0. The number of hydrogen-bond acceptors (Lipinski definition) is 3. The Morgan fingerprint density at radius 2 is 1.32 bits per heavy atom. The quantitative estimate of drug-likeness (QED) is 0.823. The van der Waals surface area contributed by atoms with E-state index in [0.717, 1.165) is 39.3 Å². The number of piperidine rings is 1. The second kappa shape index (κ2) is 7.69. The molecular weight excluding hydrogens is 346 g/mol. The second-order valence-corrected chi connectivity index (χ2v) is 8.33. The number of piperazine rings is 1.